The Balaban J connectivity index is 2.58. The molecule has 1 saturated carbocycles. The van der Waals surface area contributed by atoms with E-state index in [0.29, 0.717) is 16.9 Å². The van der Waals surface area contributed by atoms with E-state index in [1.807, 2.05) is 0 Å². The molecule has 0 aromatic rings. The standard InChI is InChI=1S/C10H21NO/c1-9(2)8(10(9,3)4)11(5)6-7-12/h8,12H,6-7H2,1-5H3. The first-order valence-corrected chi connectivity index (χ1v) is 4.67. The molecular weight excluding hydrogens is 150 g/mol. The molecule has 2 heteroatoms. The minimum Gasteiger partial charge on any atom is -0.395 e. The van der Waals surface area contributed by atoms with Crippen LogP contribution >= 0.6 is 0 Å². The van der Waals surface area contributed by atoms with Crippen molar-refractivity contribution in [2.24, 2.45) is 10.8 Å². The third-order valence-corrected chi connectivity index (χ3v) is 3.84. The number of aliphatic hydroxyl groups is 1. The molecule has 12 heavy (non-hydrogen) atoms. The van der Waals surface area contributed by atoms with Crippen molar-refractivity contribution in [2.45, 2.75) is 33.7 Å². The van der Waals surface area contributed by atoms with Crippen LogP contribution in [0.4, 0.5) is 0 Å². The minimum atomic E-state index is 0.263. The molecule has 1 rings (SSSR count). The largest absolute Gasteiger partial charge is 0.395 e. The molecule has 0 saturated heterocycles. The number of nitrogens with zero attached hydrogens (tertiary/aromatic N) is 1. The molecule has 1 aliphatic carbocycles. The Bertz CT molecular complexity index is 161. The molecular formula is C10H21NO. The van der Waals surface area contributed by atoms with E-state index in [1.54, 1.807) is 0 Å². The molecule has 1 N–H and O–H groups in total. The van der Waals surface area contributed by atoms with Gasteiger partial charge in [-0.15, -0.1) is 0 Å². The fourth-order valence-electron chi connectivity index (χ4n) is 2.55. The second kappa shape index (κ2) is 2.71. The molecule has 0 spiro atoms. The Morgan fingerprint density at radius 3 is 1.83 bits per heavy atom. The average Bonchev–Trinajstić information content (AvgIpc) is 2.24. The van der Waals surface area contributed by atoms with E-state index >= 15 is 0 Å². The summed E-state index contributed by atoms with van der Waals surface area (Å²) in [5.74, 6) is 0. The van der Waals surface area contributed by atoms with Crippen molar-refractivity contribution in [1.82, 2.24) is 4.90 Å². The average molecular weight is 171 g/mol. The summed E-state index contributed by atoms with van der Waals surface area (Å²) in [6.45, 7) is 10.2. The van der Waals surface area contributed by atoms with Crippen LogP contribution in [0, 0.1) is 10.8 Å². The second-order valence-corrected chi connectivity index (χ2v) is 5.05. The van der Waals surface area contributed by atoms with Gasteiger partial charge in [-0.1, -0.05) is 27.7 Å². The first-order chi connectivity index (χ1) is 5.35. The van der Waals surface area contributed by atoms with E-state index in [9.17, 15) is 0 Å². The van der Waals surface area contributed by atoms with E-state index in [2.05, 4.69) is 39.6 Å². The van der Waals surface area contributed by atoms with Crippen LogP contribution in [0.15, 0.2) is 0 Å². The lowest BCUT2D eigenvalue weighted by Crippen LogP contribution is -2.28. The van der Waals surface area contributed by atoms with Gasteiger partial charge in [0, 0.05) is 12.6 Å². The summed E-state index contributed by atoms with van der Waals surface area (Å²) in [4.78, 5) is 2.26. The van der Waals surface area contributed by atoms with Crippen LogP contribution < -0.4 is 0 Å². The van der Waals surface area contributed by atoms with Crippen LogP contribution in [0.25, 0.3) is 0 Å². The van der Waals surface area contributed by atoms with Gasteiger partial charge in [0.15, 0.2) is 0 Å². The normalized spacial score (nSPS) is 26.2. The van der Waals surface area contributed by atoms with E-state index in [-0.39, 0.29) is 6.61 Å². The number of rotatable bonds is 3. The van der Waals surface area contributed by atoms with Crippen molar-refractivity contribution in [1.29, 1.82) is 0 Å². The quantitative estimate of drug-likeness (QED) is 0.693. The van der Waals surface area contributed by atoms with Crippen LogP contribution in [-0.4, -0.2) is 36.2 Å². The number of likely N-dealkylation sites (N-methyl/N-ethyl adjacent to an activating group) is 1. The van der Waals surface area contributed by atoms with Gasteiger partial charge in [-0.2, -0.15) is 0 Å². The van der Waals surface area contributed by atoms with Gasteiger partial charge >= 0.3 is 0 Å². The molecule has 1 aliphatic rings. The maximum atomic E-state index is 8.81. The molecule has 1 fully saturated rings. The molecule has 0 amide bonds. The molecule has 0 radical (unpaired) electrons. The molecule has 0 bridgehead atoms. The highest BCUT2D eigenvalue weighted by Crippen LogP contribution is 2.64. The summed E-state index contributed by atoms with van der Waals surface area (Å²) in [6, 6.07) is 0.622. The zero-order valence-electron chi connectivity index (χ0n) is 8.89. The number of hydrogen-bond donors (Lipinski definition) is 1. The van der Waals surface area contributed by atoms with Gasteiger partial charge in [0.05, 0.1) is 6.61 Å². The maximum absolute atomic E-state index is 8.81. The molecule has 0 unspecified atom stereocenters. The summed E-state index contributed by atoms with van der Waals surface area (Å²) in [5.41, 5.74) is 0.799. The summed E-state index contributed by atoms with van der Waals surface area (Å²) < 4.78 is 0. The predicted octanol–water partition coefficient (Wildman–Crippen LogP) is 1.35. The lowest BCUT2D eigenvalue weighted by atomic mass is 10.0. The fraction of sp³-hybridized carbons (Fsp3) is 1.00. The fourth-order valence-corrected chi connectivity index (χ4v) is 2.55. The first kappa shape index (κ1) is 10.0. The van der Waals surface area contributed by atoms with Crippen molar-refractivity contribution >= 4 is 0 Å². The van der Waals surface area contributed by atoms with E-state index in [1.165, 1.54) is 0 Å². The van der Waals surface area contributed by atoms with Gasteiger partial charge in [0.1, 0.15) is 0 Å². The summed E-state index contributed by atoms with van der Waals surface area (Å²) in [6.07, 6.45) is 0. The van der Waals surface area contributed by atoms with E-state index < -0.39 is 0 Å². The highest BCUT2D eigenvalue weighted by atomic mass is 16.3. The lowest BCUT2D eigenvalue weighted by Gasteiger charge is -2.17. The third kappa shape index (κ3) is 1.17. The minimum absolute atomic E-state index is 0.263. The Hall–Kier alpha value is -0.0800. The van der Waals surface area contributed by atoms with E-state index in [4.69, 9.17) is 5.11 Å². The van der Waals surface area contributed by atoms with Crippen molar-refractivity contribution < 1.29 is 5.11 Å². The number of aliphatic hydroxyl groups excluding tert-OH is 1. The van der Waals surface area contributed by atoms with Crippen LogP contribution in [0.5, 0.6) is 0 Å². The summed E-state index contributed by atoms with van der Waals surface area (Å²) in [7, 11) is 2.09. The number of hydrogen-bond acceptors (Lipinski definition) is 2. The van der Waals surface area contributed by atoms with Crippen molar-refractivity contribution in [2.75, 3.05) is 20.2 Å². The summed E-state index contributed by atoms with van der Waals surface area (Å²) in [5, 5.41) is 8.81. The second-order valence-electron chi connectivity index (χ2n) is 5.05. The van der Waals surface area contributed by atoms with Crippen molar-refractivity contribution in [3.63, 3.8) is 0 Å². The Kier molecular flexibility index (Phi) is 2.26. The van der Waals surface area contributed by atoms with E-state index in [0.717, 1.165) is 6.54 Å². The first-order valence-electron chi connectivity index (χ1n) is 4.67. The van der Waals surface area contributed by atoms with Gasteiger partial charge in [-0.25, -0.2) is 0 Å². The van der Waals surface area contributed by atoms with Crippen LogP contribution in [-0.2, 0) is 0 Å². The van der Waals surface area contributed by atoms with Crippen LogP contribution in [0.3, 0.4) is 0 Å². The third-order valence-electron chi connectivity index (χ3n) is 3.84. The van der Waals surface area contributed by atoms with Gasteiger partial charge in [0.25, 0.3) is 0 Å². The van der Waals surface area contributed by atoms with Crippen LogP contribution in [0.1, 0.15) is 27.7 Å². The zero-order valence-corrected chi connectivity index (χ0v) is 8.89. The maximum Gasteiger partial charge on any atom is 0.0558 e. The van der Waals surface area contributed by atoms with Gasteiger partial charge in [0.2, 0.25) is 0 Å². The molecule has 0 atom stereocenters. The highest BCUT2D eigenvalue weighted by Gasteiger charge is 2.66. The van der Waals surface area contributed by atoms with Gasteiger partial charge in [-0.05, 0) is 17.9 Å². The molecule has 0 aromatic heterocycles. The molecule has 0 aliphatic heterocycles. The zero-order chi connectivity index (χ0) is 9.57. The molecule has 72 valence electrons. The Morgan fingerprint density at radius 1 is 1.17 bits per heavy atom. The molecule has 2 nitrogen and oxygen atoms in total. The smallest absolute Gasteiger partial charge is 0.0558 e. The molecule has 0 aromatic carbocycles. The predicted molar refractivity (Wildman–Crippen MR) is 51.1 cm³/mol. The highest BCUT2D eigenvalue weighted by molar-refractivity contribution is 5.17. The topological polar surface area (TPSA) is 23.5 Å². The molecule has 0 heterocycles. The van der Waals surface area contributed by atoms with Crippen molar-refractivity contribution in [3.05, 3.63) is 0 Å². The Labute approximate surface area is 75.6 Å². The van der Waals surface area contributed by atoms with Crippen molar-refractivity contribution in [3.8, 4) is 0 Å². The summed E-state index contributed by atoms with van der Waals surface area (Å²) >= 11 is 0. The van der Waals surface area contributed by atoms with Gasteiger partial charge in [-0.3, -0.25) is 0 Å². The van der Waals surface area contributed by atoms with Gasteiger partial charge < -0.3 is 10.0 Å². The monoisotopic (exact) mass is 171 g/mol. The van der Waals surface area contributed by atoms with Crippen LogP contribution in [0.2, 0.25) is 0 Å². The lowest BCUT2D eigenvalue weighted by molar-refractivity contribution is 0.198. The Morgan fingerprint density at radius 2 is 1.58 bits per heavy atom. The SMILES string of the molecule is CN(CCO)C1C(C)(C)C1(C)C.